The highest BCUT2D eigenvalue weighted by Crippen LogP contribution is 2.15. The van der Waals surface area contributed by atoms with Crippen LogP contribution in [0.25, 0.3) is 0 Å². The van der Waals surface area contributed by atoms with Gasteiger partial charge in [0.1, 0.15) is 5.82 Å². The van der Waals surface area contributed by atoms with Gasteiger partial charge in [-0.3, -0.25) is 0 Å². The molecule has 1 aromatic rings. The lowest BCUT2D eigenvalue weighted by atomic mass is 10.1. The zero-order valence-corrected chi connectivity index (χ0v) is 8.27. The predicted molar refractivity (Wildman–Crippen MR) is 52.6 cm³/mol. The van der Waals surface area contributed by atoms with E-state index >= 15 is 0 Å². The molecule has 0 aromatic heterocycles. The van der Waals surface area contributed by atoms with Crippen LogP contribution in [0.1, 0.15) is 12.0 Å². The van der Waals surface area contributed by atoms with Crippen molar-refractivity contribution in [2.24, 2.45) is 0 Å². The predicted octanol–water partition coefficient (Wildman–Crippen LogP) is 3.71. The van der Waals surface area contributed by atoms with Crippen LogP contribution in [-0.4, -0.2) is 0 Å². The molecule has 0 spiro atoms. The van der Waals surface area contributed by atoms with Gasteiger partial charge in [-0.15, -0.1) is 6.58 Å². The van der Waals surface area contributed by atoms with Crippen LogP contribution < -0.4 is 0 Å². The quantitative estimate of drug-likeness (QED) is 0.693. The zero-order valence-electron chi connectivity index (χ0n) is 6.69. The third-order valence-corrected chi connectivity index (χ3v) is 2.02. The van der Waals surface area contributed by atoms with E-state index in [1.54, 1.807) is 6.07 Å². The van der Waals surface area contributed by atoms with Gasteiger partial charge in [-0.2, -0.15) is 0 Å². The summed E-state index contributed by atoms with van der Waals surface area (Å²) in [5.74, 6) is -0.191. The van der Waals surface area contributed by atoms with E-state index in [2.05, 4.69) is 22.5 Å². The van der Waals surface area contributed by atoms with E-state index in [1.165, 1.54) is 6.07 Å². The molecule has 0 aliphatic heterocycles. The van der Waals surface area contributed by atoms with Gasteiger partial charge in [-0.05, 0) is 36.6 Å². The monoisotopic (exact) mass is 228 g/mol. The maximum Gasteiger partial charge on any atom is 0.124 e. The Kier molecular flexibility index (Phi) is 3.48. The zero-order chi connectivity index (χ0) is 8.97. The van der Waals surface area contributed by atoms with Crippen LogP contribution in [0.3, 0.4) is 0 Å². The molecule has 0 aliphatic carbocycles. The van der Waals surface area contributed by atoms with E-state index in [1.807, 2.05) is 12.1 Å². The summed E-state index contributed by atoms with van der Waals surface area (Å²) in [6.07, 6.45) is 3.56. The van der Waals surface area contributed by atoms with Gasteiger partial charge in [0, 0.05) is 4.47 Å². The van der Waals surface area contributed by atoms with Crippen LogP contribution >= 0.6 is 15.9 Å². The smallest absolute Gasteiger partial charge is 0.124 e. The Labute approximate surface area is 80.2 Å². The summed E-state index contributed by atoms with van der Waals surface area (Å²) >= 11 is 3.24. The summed E-state index contributed by atoms with van der Waals surface area (Å²) in [5.41, 5.74) is 1.00. The van der Waals surface area contributed by atoms with E-state index in [4.69, 9.17) is 0 Å². The van der Waals surface area contributed by atoms with Crippen LogP contribution in [0, 0.1) is 5.82 Å². The van der Waals surface area contributed by atoms with Gasteiger partial charge >= 0.3 is 0 Å². The summed E-state index contributed by atoms with van der Waals surface area (Å²) < 4.78 is 13.6. The minimum absolute atomic E-state index is 0.191. The van der Waals surface area contributed by atoms with Crippen molar-refractivity contribution in [1.29, 1.82) is 0 Å². The van der Waals surface area contributed by atoms with Gasteiger partial charge in [0.05, 0.1) is 0 Å². The molecule has 2 heteroatoms. The number of halogens is 2. The van der Waals surface area contributed by atoms with Crippen LogP contribution in [0.4, 0.5) is 4.39 Å². The first-order chi connectivity index (χ1) is 5.72. The Bertz CT molecular complexity index is 261. The highest BCUT2D eigenvalue weighted by molar-refractivity contribution is 9.10. The molecule has 0 fully saturated rings. The normalized spacial score (nSPS) is 9.83. The lowest BCUT2D eigenvalue weighted by Crippen LogP contribution is -1.85. The summed E-state index contributed by atoms with van der Waals surface area (Å²) in [7, 11) is 0. The van der Waals surface area contributed by atoms with Crippen LogP contribution in [0.5, 0.6) is 0 Å². The maximum atomic E-state index is 12.8. The second-order valence-electron chi connectivity index (χ2n) is 2.61. The van der Waals surface area contributed by atoms with Crippen molar-refractivity contribution in [2.45, 2.75) is 12.8 Å². The molecule has 0 N–H and O–H groups in total. The molecule has 64 valence electrons. The topological polar surface area (TPSA) is 0 Å². The van der Waals surface area contributed by atoms with Crippen LogP contribution in [0.15, 0.2) is 35.3 Å². The van der Waals surface area contributed by atoms with Crippen molar-refractivity contribution in [3.8, 4) is 0 Å². The van der Waals surface area contributed by atoms with Crippen molar-refractivity contribution >= 4 is 15.9 Å². The van der Waals surface area contributed by atoms with Crippen LogP contribution in [0.2, 0.25) is 0 Å². The molecular formula is C10H10BrF. The molecular weight excluding hydrogens is 219 g/mol. The molecule has 12 heavy (non-hydrogen) atoms. The number of hydrogen-bond acceptors (Lipinski definition) is 0. The minimum atomic E-state index is -0.191. The third-order valence-electron chi connectivity index (χ3n) is 1.56. The fourth-order valence-corrected chi connectivity index (χ4v) is 1.54. The Hall–Kier alpha value is -0.630. The molecule has 0 saturated carbocycles. The van der Waals surface area contributed by atoms with Crippen LogP contribution in [-0.2, 0) is 6.42 Å². The number of aryl methyl sites for hydroxylation is 1. The number of rotatable bonds is 3. The van der Waals surface area contributed by atoms with Gasteiger partial charge in [0.2, 0.25) is 0 Å². The highest BCUT2D eigenvalue weighted by Gasteiger charge is 1.97. The average molecular weight is 229 g/mol. The molecule has 0 saturated heterocycles. The highest BCUT2D eigenvalue weighted by atomic mass is 79.9. The van der Waals surface area contributed by atoms with Gasteiger partial charge in [-0.1, -0.05) is 22.0 Å². The van der Waals surface area contributed by atoms with Gasteiger partial charge in [0.15, 0.2) is 0 Å². The van der Waals surface area contributed by atoms with Gasteiger partial charge < -0.3 is 0 Å². The summed E-state index contributed by atoms with van der Waals surface area (Å²) in [4.78, 5) is 0. The molecule has 0 aliphatic rings. The first kappa shape index (κ1) is 9.46. The first-order valence-electron chi connectivity index (χ1n) is 3.78. The molecule has 0 radical (unpaired) electrons. The fraction of sp³-hybridized carbons (Fsp3) is 0.200. The molecule has 1 aromatic carbocycles. The lowest BCUT2D eigenvalue weighted by Gasteiger charge is -1.99. The van der Waals surface area contributed by atoms with Crippen molar-refractivity contribution in [3.63, 3.8) is 0 Å². The molecule has 0 heterocycles. The Balaban J connectivity index is 2.78. The molecule has 0 unspecified atom stereocenters. The maximum absolute atomic E-state index is 12.8. The van der Waals surface area contributed by atoms with Crippen molar-refractivity contribution in [3.05, 3.63) is 46.7 Å². The molecule has 1 rings (SSSR count). The number of hydrogen-bond donors (Lipinski definition) is 0. The first-order valence-corrected chi connectivity index (χ1v) is 4.57. The SMILES string of the molecule is C=CCCc1cc(F)cc(Br)c1. The number of allylic oxidation sites excluding steroid dienone is 1. The van der Waals surface area contributed by atoms with Gasteiger partial charge in [-0.25, -0.2) is 4.39 Å². The van der Waals surface area contributed by atoms with Gasteiger partial charge in [0.25, 0.3) is 0 Å². The second-order valence-corrected chi connectivity index (χ2v) is 3.52. The third kappa shape index (κ3) is 2.78. The second kappa shape index (κ2) is 4.41. The van der Waals surface area contributed by atoms with Crippen molar-refractivity contribution in [1.82, 2.24) is 0 Å². The Morgan fingerprint density at radius 1 is 1.42 bits per heavy atom. The molecule has 0 nitrogen and oxygen atoms in total. The fourth-order valence-electron chi connectivity index (χ4n) is 1.02. The molecule has 0 bridgehead atoms. The minimum Gasteiger partial charge on any atom is -0.207 e. The van der Waals surface area contributed by atoms with E-state index < -0.39 is 0 Å². The van der Waals surface area contributed by atoms with E-state index in [-0.39, 0.29) is 5.82 Å². The average Bonchev–Trinajstić information content (AvgIpc) is 1.99. The van der Waals surface area contributed by atoms with E-state index in [0.717, 1.165) is 22.9 Å². The van der Waals surface area contributed by atoms with E-state index in [9.17, 15) is 4.39 Å². The lowest BCUT2D eigenvalue weighted by molar-refractivity contribution is 0.624. The largest absolute Gasteiger partial charge is 0.207 e. The Morgan fingerprint density at radius 2 is 2.17 bits per heavy atom. The summed E-state index contributed by atoms with van der Waals surface area (Å²) in [5, 5.41) is 0. The molecule has 0 amide bonds. The standard InChI is InChI=1S/C10H10BrF/c1-2-3-4-8-5-9(11)7-10(12)6-8/h2,5-7H,1,3-4H2. The Morgan fingerprint density at radius 3 is 2.75 bits per heavy atom. The van der Waals surface area contributed by atoms with E-state index in [0.29, 0.717) is 0 Å². The molecule has 0 atom stereocenters. The summed E-state index contributed by atoms with van der Waals surface area (Å²) in [6, 6.07) is 4.93. The summed E-state index contributed by atoms with van der Waals surface area (Å²) in [6.45, 7) is 3.62. The van der Waals surface area contributed by atoms with Crippen molar-refractivity contribution in [2.75, 3.05) is 0 Å². The number of benzene rings is 1. The van der Waals surface area contributed by atoms with Crippen molar-refractivity contribution < 1.29 is 4.39 Å².